The molecule has 1 N–H and O–H groups in total. The number of hydrogen-bond donors (Lipinski definition) is 1. The molecule has 4 heterocycles. The van der Waals surface area contributed by atoms with Crippen LogP contribution in [0.2, 0.25) is 0 Å². The number of nitrogens with zero attached hydrogens (tertiary/aromatic N) is 3. The summed E-state index contributed by atoms with van der Waals surface area (Å²) < 4.78 is 12.1. The number of benzene rings is 2. The third-order valence-corrected chi connectivity index (χ3v) is 7.33. The number of morpholine rings is 1. The minimum Gasteiger partial charge on any atom is -0.491 e. The third kappa shape index (κ3) is 5.09. The van der Waals surface area contributed by atoms with E-state index in [1.165, 1.54) is 5.56 Å². The van der Waals surface area contributed by atoms with E-state index in [4.69, 9.17) is 14.5 Å². The van der Waals surface area contributed by atoms with E-state index in [1.807, 2.05) is 43.4 Å². The quantitative estimate of drug-likeness (QED) is 0.587. The molecule has 38 heavy (non-hydrogen) atoms. The van der Waals surface area contributed by atoms with Crippen molar-refractivity contribution in [2.75, 3.05) is 43.1 Å². The van der Waals surface area contributed by atoms with Gasteiger partial charge in [0.1, 0.15) is 18.5 Å². The molecule has 2 atom stereocenters. The molecule has 6 rings (SSSR count). The van der Waals surface area contributed by atoms with Gasteiger partial charge >= 0.3 is 0 Å². The molecule has 2 amide bonds. The molecule has 0 radical (unpaired) electrons. The Morgan fingerprint density at radius 3 is 2.92 bits per heavy atom. The molecule has 1 fully saturated rings. The summed E-state index contributed by atoms with van der Waals surface area (Å²) in [5.74, 6) is 0.595. The van der Waals surface area contributed by atoms with Crippen molar-refractivity contribution in [3.63, 3.8) is 0 Å². The van der Waals surface area contributed by atoms with Gasteiger partial charge in [-0.3, -0.25) is 14.6 Å². The molecule has 196 valence electrons. The highest BCUT2D eigenvalue weighted by molar-refractivity contribution is 5.97. The Kier molecular flexibility index (Phi) is 6.72. The lowest BCUT2D eigenvalue weighted by Gasteiger charge is -2.33. The van der Waals surface area contributed by atoms with E-state index in [2.05, 4.69) is 28.5 Å². The highest BCUT2D eigenvalue weighted by atomic mass is 16.5. The average molecular weight is 513 g/mol. The van der Waals surface area contributed by atoms with E-state index in [1.54, 1.807) is 11.0 Å². The maximum Gasteiger partial charge on any atom is 0.254 e. The largest absolute Gasteiger partial charge is 0.491 e. The summed E-state index contributed by atoms with van der Waals surface area (Å²) in [6.07, 6.45) is 12.2. The first-order valence-electron chi connectivity index (χ1n) is 13.3. The highest BCUT2D eigenvalue weighted by Crippen LogP contribution is 2.31. The number of nitrogens with one attached hydrogen (secondary N) is 1. The average Bonchev–Trinajstić information content (AvgIpc) is 3.07. The Morgan fingerprint density at radius 2 is 2.00 bits per heavy atom. The maximum absolute atomic E-state index is 13.6. The minimum absolute atomic E-state index is 0.100. The summed E-state index contributed by atoms with van der Waals surface area (Å²) in [7, 11) is 0. The molecule has 4 aliphatic heterocycles. The molecule has 0 spiro atoms. The summed E-state index contributed by atoms with van der Waals surface area (Å²) in [4.78, 5) is 34.9. The van der Waals surface area contributed by atoms with Gasteiger partial charge in [0.05, 0.1) is 30.2 Å². The van der Waals surface area contributed by atoms with Crippen molar-refractivity contribution in [1.29, 1.82) is 0 Å². The van der Waals surface area contributed by atoms with Gasteiger partial charge in [-0.15, -0.1) is 0 Å². The number of allylic oxidation sites excluding steroid dienone is 3. The van der Waals surface area contributed by atoms with Crippen molar-refractivity contribution in [3.8, 4) is 5.75 Å². The summed E-state index contributed by atoms with van der Waals surface area (Å²) in [5, 5.41) is 4.46. The Labute approximate surface area is 221 Å². The van der Waals surface area contributed by atoms with E-state index < -0.39 is 0 Å². The Morgan fingerprint density at radius 1 is 1.08 bits per heavy atom. The number of hydrogen-bond acceptors (Lipinski definition) is 6. The van der Waals surface area contributed by atoms with Gasteiger partial charge in [0, 0.05) is 48.2 Å². The number of rotatable bonds is 0. The van der Waals surface area contributed by atoms with Crippen LogP contribution >= 0.6 is 0 Å². The first-order chi connectivity index (χ1) is 18.5. The summed E-state index contributed by atoms with van der Waals surface area (Å²) >= 11 is 0. The van der Waals surface area contributed by atoms with Gasteiger partial charge in [-0.05, 0) is 49.6 Å². The number of fused-ring (bicyclic) bond motifs is 7. The van der Waals surface area contributed by atoms with Gasteiger partial charge < -0.3 is 24.6 Å². The summed E-state index contributed by atoms with van der Waals surface area (Å²) in [6.45, 7) is 4.60. The second-order valence-corrected chi connectivity index (χ2v) is 10.2. The van der Waals surface area contributed by atoms with Crippen LogP contribution in [-0.4, -0.2) is 61.7 Å². The van der Waals surface area contributed by atoms with Crippen molar-refractivity contribution < 1.29 is 19.1 Å². The van der Waals surface area contributed by atoms with E-state index in [0.717, 1.165) is 36.0 Å². The fraction of sp³-hybridized carbons (Fsp3) is 0.367. The van der Waals surface area contributed by atoms with Gasteiger partial charge in [-0.25, -0.2) is 0 Å². The molecule has 1 saturated heterocycles. The van der Waals surface area contributed by atoms with Crippen LogP contribution in [0.5, 0.6) is 5.75 Å². The zero-order valence-corrected chi connectivity index (χ0v) is 21.6. The van der Waals surface area contributed by atoms with E-state index in [0.29, 0.717) is 49.3 Å². The number of aryl methyl sites for hydroxylation is 1. The maximum atomic E-state index is 13.6. The van der Waals surface area contributed by atoms with Crippen LogP contribution in [0, 0.1) is 0 Å². The van der Waals surface area contributed by atoms with Crippen LogP contribution in [-0.2, 0) is 16.0 Å². The van der Waals surface area contributed by atoms with Gasteiger partial charge in [0.15, 0.2) is 0 Å². The lowest BCUT2D eigenvalue weighted by Crippen LogP contribution is -2.48. The first-order valence-corrected chi connectivity index (χ1v) is 13.3. The van der Waals surface area contributed by atoms with Crippen molar-refractivity contribution in [3.05, 3.63) is 76.5 Å². The van der Waals surface area contributed by atoms with Crippen LogP contribution in [0.1, 0.15) is 35.7 Å². The third-order valence-electron chi connectivity index (χ3n) is 7.33. The topological polar surface area (TPSA) is 83.5 Å². The lowest BCUT2D eigenvalue weighted by molar-refractivity contribution is -0.116. The zero-order valence-electron chi connectivity index (χ0n) is 21.6. The van der Waals surface area contributed by atoms with Gasteiger partial charge in [0.25, 0.3) is 5.91 Å². The molecule has 8 nitrogen and oxygen atoms in total. The molecule has 0 unspecified atom stereocenters. The Hall–Kier alpha value is -3.91. The van der Waals surface area contributed by atoms with Crippen molar-refractivity contribution in [2.45, 2.75) is 38.3 Å². The number of amides is 2. The predicted molar refractivity (Wildman–Crippen MR) is 146 cm³/mol. The lowest BCUT2D eigenvalue weighted by atomic mass is 10.0. The van der Waals surface area contributed by atoms with Crippen LogP contribution in [0.3, 0.4) is 0 Å². The van der Waals surface area contributed by atoms with Crippen molar-refractivity contribution >= 4 is 29.3 Å². The molecular formula is C30H32N4O4. The highest BCUT2D eigenvalue weighted by Gasteiger charge is 2.27. The molecule has 2 aromatic rings. The zero-order chi connectivity index (χ0) is 26.1. The summed E-state index contributed by atoms with van der Waals surface area (Å²) in [5.41, 5.74) is 3.55. The number of ether oxygens (including phenoxy) is 2. The molecular weight excluding hydrogens is 480 g/mol. The van der Waals surface area contributed by atoms with Crippen LogP contribution in [0.15, 0.2) is 59.8 Å². The fourth-order valence-corrected chi connectivity index (χ4v) is 5.46. The second kappa shape index (κ2) is 10.5. The molecule has 0 aliphatic carbocycles. The van der Waals surface area contributed by atoms with Crippen molar-refractivity contribution in [1.82, 2.24) is 4.90 Å². The minimum atomic E-state index is -0.232. The van der Waals surface area contributed by atoms with E-state index in [-0.39, 0.29) is 24.0 Å². The van der Waals surface area contributed by atoms with Gasteiger partial charge in [0.2, 0.25) is 5.91 Å². The monoisotopic (exact) mass is 512 g/mol. The van der Waals surface area contributed by atoms with Gasteiger partial charge in [-0.2, -0.15) is 0 Å². The molecule has 4 aliphatic rings. The smallest absolute Gasteiger partial charge is 0.254 e. The first kappa shape index (κ1) is 24.4. The standard InChI is InChI=1S/C30H32N4O4/c1-20-14-28(35)32-26-16-23-15-22(29(26)31-20)6-3-2-4-10-33-11-5-7-21-8-9-24(17-27(21)33)38-19-25-18-34(30(23)36)12-13-37-25/h2-4,6,8-10,15-17,20,25H,5,7,11-14,18-19H2,1H3,(H,32,35)/b3-2+,10-4+,22-6+/t20-,25+/m1/s1. The molecule has 0 aromatic heterocycles. The fourth-order valence-electron chi connectivity index (χ4n) is 5.46. The Bertz CT molecular complexity index is 1450. The van der Waals surface area contributed by atoms with Crippen LogP contribution in [0.25, 0.3) is 6.08 Å². The molecule has 6 bridgehead atoms. The van der Waals surface area contributed by atoms with Crippen LogP contribution < -0.4 is 25.5 Å². The number of anilines is 2. The van der Waals surface area contributed by atoms with E-state index >= 15 is 0 Å². The summed E-state index contributed by atoms with van der Waals surface area (Å²) in [6, 6.07) is 9.73. The van der Waals surface area contributed by atoms with E-state index in [9.17, 15) is 9.59 Å². The molecule has 2 aromatic carbocycles. The second-order valence-electron chi connectivity index (χ2n) is 10.2. The van der Waals surface area contributed by atoms with Crippen molar-refractivity contribution in [2.24, 2.45) is 4.99 Å². The Balaban J connectivity index is 1.44. The van der Waals surface area contributed by atoms with Gasteiger partial charge in [-0.1, -0.05) is 24.3 Å². The number of carbonyl (C=O) groups is 2. The molecule has 0 saturated carbocycles. The van der Waals surface area contributed by atoms with Crippen LogP contribution in [0.4, 0.5) is 11.4 Å². The SMILES string of the molecule is C[C@@H]1CC(=O)Nc2cc3c\c(c2=N1)=C/C=C/C=C/N1CCCc2ccc(cc21)OC[C@@H]1CN(CCO1)C3=O. The number of carbonyl (C=O) groups excluding carboxylic acids is 2. The molecule has 8 heteroatoms. The predicted octanol–water partition coefficient (Wildman–Crippen LogP) is 2.57. The normalized spacial score (nSPS) is 25.7.